The molecule has 0 spiro atoms. The molecule has 0 aliphatic heterocycles. The molecule has 0 bridgehead atoms. The average molecular weight is 400 g/mol. The van der Waals surface area contributed by atoms with Crippen molar-refractivity contribution in [2.45, 2.75) is 6.92 Å². The Kier molecular flexibility index (Phi) is 4.18. The molecule has 0 fully saturated rings. The number of aryl methyl sites for hydroxylation is 1. The van der Waals surface area contributed by atoms with Crippen LogP contribution in [0.2, 0.25) is 0 Å². The highest BCUT2D eigenvalue weighted by atomic mass is 32.1. The summed E-state index contributed by atoms with van der Waals surface area (Å²) in [5.41, 5.74) is 8.98. The van der Waals surface area contributed by atoms with Gasteiger partial charge in [0.1, 0.15) is 17.2 Å². The van der Waals surface area contributed by atoms with Crippen LogP contribution in [0, 0.1) is 6.92 Å². The standard InChI is InChI=1S/C21H16N6OS/c1-12-23-16(11-29-12)20-24-18(17-19(22)26-27-21(17)25-20)13-7-9-15(10-8-13)28-14-5-3-2-4-6-14/h2-11H,1H3,(H3,22,24,25,26,27). The van der Waals surface area contributed by atoms with E-state index in [2.05, 4.69) is 20.2 Å². The number of nitrogens with zero attached hydrogens (tertiary/aromatic N) is 4. The zero-order chi connectivity index (χ0) is 19.8. The highest BCUT2D eigenvalue weighted by Crippen LogP contribution is 2.33. The van der Waals surface area contributed by atoms with Crippen molar-refractivity contribution in [2.75, 3.05) is 5.73 Å². The van der Waals surface area contributed by atoms with Gasteiger partial charge in [-0.05, 0) is 43.3 Å². The Bertz CT molecular complexity index is 1290. The SMILES string of the molecule is Cc1nc(-c2nc(-c3ccc(Oc4ccccc4)cc3)c3c(N)n[nH]c3n2)cs1. The van der Waals surface area contributed by atoms with Crippen LogP contribution in [0.15, 0.2) is 60.0 Å². The number of para-hydroxylation sites is 1. The van der Waals surface area contributed by atoms with Gasteiger partial charge in [0, 0.05) is 10.9 Å². The van der Waals surface area contributed by atoms with Crippen molar-refractivity contribution in [3.63, 3.8) is 0 Å². The topological polar surface area (TPSA) is 103 Å². The smallest absolute Gasteiger partial charge is 0.181 e. The zero-order valence-corrected chi connectivity index (χ0v) is 16.3. The highest BCUT2D eigenvalue weighted by Gasteiger charge is 2.17. The number of fused-ring (bicyclic) bond motifs is 1. The molecule has 3 heterocycles. The molecule has 0 saturated heterocycles. The van der Waals surface area contributed by atoms with Crippen LogP contribution in [-0.2, 0) is 0 Å². The van der Waals surface area contributed by atoms with Gasteiger partial charge in [-0.2, -0.15) is 5.10 Å². The van der Waals surface area contributed by atoms with Crippen LogP contribution in [0.4, 0.5) is 5.82 Å². The molecule has 0 saturated carbocycles. The molecule has 0 aliphatic rings. The minimum absolute atomic E-state index is 0.362. The van der Waals surface area contributed by atoms with E-state index in [1.165, 1.54) is 0 Å². The number of H-pyrrole nitrogens is 1. The van der Waals surface area contributed by atoms with Crippen LogP contribution in [0.25, 0.3) is 33.8 Å². The van der Waals surface area contributed by atoms with E-state index >= 15 is 0 Å². The Morgan fingerprint density at radius 2 is 1.69 bits per heavy atom. The first-order valence-corrected chi connectivity index (χ1v) is 9.83. The summed E-state index contributed by atoms with van der Waals surface area (Å²) in [4.78, 5) is 13.8. The van der Waals surface area contributed by atoms with E-state index in [1.54, 1.807) is 11.3 Å². The third kappa shape index (κ3) is 3.30. The fraction of sp³-hybridized carbons (Fsp3) is 0.0476. The summed E-state index contributed by atoms with van der Waals surface area (Å²) in [7, 11) is 0. The van der Waals surface area contributed by atoms with Crippen molar-refractivity contribution < 1.29 is 4.74 Å². The summed E-state index contributed by atoms with van der Waals surface area (Å²) in [6.07, 6.45) is 0. The summed E-state index contributed by atoms with van der Waals surface area (Å²) >= 11 is 1.56. The van der Waals surface area contributed by atoms with Crippen LogP contribution < -0.4 is 10.5 Å². The Hall–Kier alpha value is -3.78. The lowest BCUT2D eigenvalue weighted by Gasteiger charge is -2.08. The number of hydrogen-bond donors (Lipinski definition) is 2. The number of hydrogen-bond acceptors (Lipinski definition) is 7. The van der Waals surface area contributed by atoms with Crippen molar-refractivity contribution in [1.29, 1.82) is 0 Å². The predicted molar refractivity (Wildman–Crippen MR) is 114 cm³/mol. The molecule has 3 N–H and O–H groups in total. The maximum atomic E-state index is 6.08. The molecule has 5 rings (SSSR count). The van der Waals surface area contributed by atoms with Gasteiger partial charge in [-0.25, -0.2) is 15.0 Å². The van der Waals surface area contributed by atoms with Crippen LogP contribution in [0.3, 0.4) is 0 Å². The van der Waals surface area contributed by atoms with Crippen LogP contribution in [0.5, 0.6) is 11.5 Å². The molecule has 0 aliphatic carbocycles. The monoisotopic (exact) mass is 400 g/mol. The zero-order valence-electron chi connectivity index (χ0n) is 15.5. The van der Waals surface area contributed by atoms with Gasteiger partial charge in [0.2, 0.25) is 0 Å². The summed E-state index contributed by atoms with van der Waals surface area (Å²) in [5.74, 6) is 2.41. The Morgan fingerprint density at radius 3 is 2.41 bits per heavy atom. The molecule has 0 amide bonds. The minimum Gasteiger partial charge on any atom is -0.457 e. The number of anilines is 1. The average Bonchev–Trinajstić information content (AvgIpc) is 3.35. The normalized spacial score (nSPS) is 11.1. The number of benzene rings is 2. The molecular formula is C21H16N6OS. The Labute approximate surface area is 170 Å². The van der Waals surface area contributed by atoms with Crippen LogP contribution in [-0.4, -0.2) is 25.1 Å². The summed E-state index contributed by atoms with van der Waals surface area (Å²) in [6.45, 7) is 1.95. The largest absolute Gasteiger partial charge is 0.457 e. The maximum absolute atomic E-state index is 6.08. The van der Waals surface area contributed by atoms with Gasteiger partial charge in [-0.3, -0.25) is 5.10 Å². The van der Waals surface area contributed by atoms with E-state index in [-0.39, 0.29) is 0 Å². The molecule has 8 heteroatoms. The van der Waals surface area contributed by atoms with Crippen LogP contribution in [0.1, 0.15) is 5.01 Å². The lowest BCUT2D eigenvalue weighted by molar-refractivity contribution is 0.483. The predicted octanol–water partition coefficient (Wildman–Crippen LogP) is 4.83. The first-order valence-electron chi connectivity index (χ1n) is 8.95. The Balaban J connectivity index is 1.57. The Morgan fingerprint density at radius 1 is 0.931 bits per heavy atom. The van der Waals surface area contributed by atoms with Crippen molar-refractivity contribution in [3.8, 4) is 34.3 Å². The van der Waals surface area contributed by atoms with Gasteiger partial charge in [0.25, 0.3) is 0 Å². The van der Waals surface area contributed by atoms with E-state index in [4.69, 9.17) is 15.5 Å². The fourth-order valence-electron chi connectivity index (χ4n) is 3.05. The minimum atomic E-state index is 0.362. The lowest BCUT2D eigenvalue weighted by Crippen LogP contribution is -1.96. The first kappa shape index (κ1) is 17.3. The van der Waals surface area contributed by atoms with E-state index in [1.807, 2.05) is 66.9 Å². The number of aromatic amines is 1. The number of thiazole rings is 1. The number of nitrogens with one attached hydrogen (secondary N) is 1. The molecule has 0 atom stereocenters. The molecule has 7 nitrogen and oxygen atoms in total. The van der Waals surface area contributed by atoms with Crippen molar-refractivity contribution in [3.05, 3.63) is 65.0 Å². The fourth-order valence-corrected chi connectivity index (χ4v) is 3.64. The van der Waals surface area contributed by atoms with Crippen LogP contribution >= 0.6 is 11.3 Å². The van der Waals surface area contributed by atoms with Crippen molar-refractivity contribution >= 4 is 28.2 Å². The molecule has 0 unspecified atom stereocenters. The third-order valence-corrected chi connectivity index (χ3v) is 5.18. The van der Waals surface area contributed by atoms with Gasteiger partial charge in [0.05, 0.1) is 16.1 Å². The molecule has 2 aromatic carbocycles. The highest BCUT2D eigenvalue weighted by molar-refractivity contribution is 7.09. The second-order valence-corrected chi connectivity index (χ2v) is 7.48. The number of rotatable bonds is 4. The van der Waals surface area contributed by atoms with Gasteiger partial charge < -0.3 is 10.5 Å². The number of aromatic nitrogens is 5. The molecule has 3 aromatic heterocycles. The van der Waals surface area contributed by atoms with Crippen molar-refractivity contribution in [2.24, 2.45) is 0 Å². The maximum Gasteiger partial charge on any atom is 0.181 e. The molecule has 142 valence electrons. The van der Waals surface area contributed by atoms with E-state index in [0.717, 1.165) is 27.8 Å². The van der Waals surface area contributed by atoms with Gasteiger partial charge in [-0.15, -0.1) is 11.3 Å². The van der Waals surface area contributed by atoms with Gasteiger partial charge in [0.15, 0.2) is 17.3 Å². The third-order valence-electron chi connectivity index (χ3n) is 4.40. The van der Waals surface area contributed by atoms with Gasteiger partial charge in [-0.1, -0.05) is 18.2 Å². The molecule has 29 heavy (non-hydrogen) atoms. The molecule has 0 radical (unpaired) electrons. The van der Waals surface area contributed by atoms with Crippen molar-refractivity contribution in [1.82, 2.24) is 25.1 Å². The number of ether oxygens (including phenoxy) is 1. The van der Waals surface area contributed by atoms with Gasteiger partial charge >= 0.3 is 0 Å². The summed E-state index contributed by atoms with van der Waals surface area (Å²) in [6, 6.07) is 17.3. The van der Waals surface area contributed by atoms with E-state index in [9.17, 15) is 0 Å². The summed E-state index contributed by atoms with van der Waals surface area (Å²) in [5, 5.41) is 10.6. The number of nitrogen functional groups attached to an aromatic ring is 1. The van der Waals surface area contributed by atoms with E-state index < -0.39 is 0 Å². The molecular weight excluding hydrogens is 384 g/mol. The lowest BCUT2D eigenvalue weighted by atomic mass is 10.1. The molecule has 5 aromatic rings. The first-order chi connectivity index (χ1) is 14.2. The number of nitrogens with two attached hydrogens (primary N) is 1. The second kappa shape index (κ2) is 6.99. The van der Waals surface area contributed by atoms with E-state index in [0.29, 0.717) is 28.4 Å². The quantitative estimate of drug-likeness (QED) is 0.448. The second-order valence-electron chi connectivity index (χ2n) is 6.42. The summed E-state index contributed by atoms with van der Waals surface area (Å²) < 4.78 is 5.88.